The van der Waals surface area contributed by atoms with Crippen LogP contribution >= 0.6 is 0 Å². The van der Waals surface area contributed by atoms with E-state index in [2.05, 4.69) is 5.32 Å². The van der Waals surface area contributed by atoms with Crippen LogP contribution in [-0.4, -0.2) is 33.3 Å². The van der Waals surface area contributed by atoms with Crippen molar-refractivity contribution in [1.82, 2.24) is 5.32 Å². The fourth-order valence-corrected chi connectivity index (χ4v) is 2.13. The van der Waals surface area contributed by atoms with E-state index in [0.717, 1.165) is 22.8 Å². The topological polar surface area (TPSA) is 56.8 Å². The van der Waals surface area contributed by atoms with Crippen molar-refractivity contribution in [3.8, 4) is 17.2 Å². The van der Waals surface area contributed by atoms with Crippen LogP contribution in [0.3, 0.4) is 0 Å². The third-order valence-electron chi connectivity index (χ3n) is 3.37. The van der Waals surface area contributed by atoms with E-state index >= 15 is 0 Å². The summed E-state index contributed by atoms with van der Waals surface area (Å²) in [4.78, 5) is 12.1. The summed E-state index contributed by atoms with van der Waals surface area (Å²) >= 11 is 0. The van der Waals surface area contributed by atoms with Gasteiger partial charge in [0.2, 0.25) is 0 Å². The third-order valence-corrected chi connectivity index (χ3v) is 3.37. The van der Waals surface area contributed by atoms with Gasteiger partial charge < -0.3 is 19.5 Å². The van der Waals surface area contributed by atoms with Crippen molar-refractivity contribution in [2.45, 2.75) is 6.92 Å². The summed E-state index contributed by atoms with van der Waals surface area (Å²) < 4.78 is 15.8. The molecule has 122 valence electrons. The molecule has 0 unspecified atom stereocenters. The van der Waals surface area contributed by atoms with Gasteiger partial charge in [0.25, 0.3) is 5.91 Å². The minimum absolute atomic E-state index is 0.130. The van der Waals surface area contributed by atoms with Gasteiger partial charge in [0.15, 0.2) is 0 Å². The second-order valence-corrected chi connectivity index (χ2v) is 4.96. The van der Waals surface area contributed by atoms with E-state index in [4.69, 9.17) is 14.2 Å². The lowest BCUT2D eigenvalue weighted by molar-refractivity contribution is 0.0947. The number of nitrogens with one attached hydrogen (secondary N) is 1. The van der Waals surface area contributed by atoms with Gasteiger partial charge in [-0.15, -0.1) is 0 Å². The molecule has 1 amide bonds. The van der Waals surface area contributed by atoms with E-state index in [1.54, 1.807) is 32.4 Å². The Morgan fingerprint density at radius 3 is 2.30 bits per heavy atom. The fraction of sp³-hybridized carbons (Fsp3) is 0.278. The molecule has 5 nitrogen and oxygen atoms in total. The quantitative estimate of drug-likeness (QED) is 0.798. The molecule has 2 aromatic rings. The lowest BCUT2D eigenvalue weighted by atomic mass is 10.1. The summed E-state index contributed by atoms with van der Waals surface area (Å²) in [5, 5.41) is 2.83. The Morgan fingerprint density at radius 2 is 1.70 bits per heavy atom. The molecule has 0 bridgehead atoms. The molecular weight excluding hydrogens is 294 g/mol. The number of rotatable bonds is 7. The molecular formula is C18H21NO4. The average molecular weight is 315 g/mol. The van der Waals surface area contributed by atoms with Crippen LogP contribution in [0.1, 0.15) is 15.9 Å². The number of hydrogen-bond acceptors (Lipinski definition) is 4. The van der Waals surface area contributed by atoms with Crippen LogP contribution in [0.15, 0.2) is 42.5 Å². The maximum atomic E-state index is 12.1. The standard InChI is InChI=1S/C18H21NO4/c1-13-12-14(4-9-17(13)22-3)18(20)19-10-11-23-16-7-5-15(21-2)6-8-16/h4-9,12H,10-11H2,1-3H3,(H,19,20). The monoisotopic (exact) mass is 315 g/mol. The molecule has 1 N–H and O–H groups in total. The van der Waals surface area contributed by atoms with Gasteiger partial charge in [-0.25, -0.2) is 0 Å². The van der Waals surface area contributed by atoms with Crippen LogP contribution in [0.25, 0.3) is 0 Å². The minimum atomic E-state index is -0.130. The van der Waals surface area contributed by atoms with Gasteiger partial charge in [0, 0.05) is 5.56 Å². The van der Waals surface area contributed by atoms with Crippen molar-refractivity contribution in [1.29, 1.82) is 0 Å². The van der Waals surface area contributed by atoms with Gasteiger partial charge in [-0.2, -0.15) is 0 Å². The predicted octanol–water partition coefficient (Wildman–Crippen LogP) is 2.82. The summed E-state index contributed by atoms with van der Waals surface area (Å²) in [6.07, 6.45) is 0. The highest BCUT2D eigenvalue weighted by molar-refractivity contribution is 5.94. The summed E-state index contributed by atoms with van der Waals surface area (Å²) in [5.74, 6) is 2.15. The smallest absolute Gasteiger partial charge is 0.251 e. The highest BCUT2D eigenvalue weighted by Crippen LogP contribution is 2.18. The summed E-state index contributed by atoms with van der Waals surface area (Å²) in [5.41, 5.74) is 1.53. The van der Waals surface area contributed by atoms with E-state index in [-0.39, 0.29) is 5.91 Å². The molecule has 0 saturated carbocycles. The van der Waals surface area contributed by atoms with Crippen LogP contribution in [0.4, 0.5) is 0 Å². The number of benzene rings is 2. The number of carbonyl (C=O) groups excluding carboxylic acids is 1. The number of amides is 1. The van der Waals surface area contributed by atoms with Crippen LogP contribution in [-0.2, 0) is 0 Å². The number of aryl methyl sites for hydroxylation is 1. The van der Waals surface area contributed by atoms with E-state index in [0.29, 0.717) is 18.7 Å². The normalized spacial score (nSPS) is 10.0. The Kier molecular flexibility index (Phi) is 5.86. The number of carbonyl (C=O) groups is 1. The van der Waals surface area contributed by atoms with Gasteiger partial charge >= 0.3 is 0 Å². The van der Waals surface area contributed by atoms with Crippen molar-refractivity contribution in [2.75, 3.05) is 27.4 Å². The molecule has 0 spiro atoms. The number of hydrogen-bond donors (Lipinski definition) is 1. The third kappa shape index (κ3) is 4.64. The Bertz CT molecular complexity index is 653. The molecule has 0 atom stereocenters. The summed E-state index contributed by atoms with van der Waals surface area (Å²) in [6.45, 7) is 2.73. The van der Waals surface area contributed by atoms with Crippen molar-refractivity contribution < 1.29 is 19.0 Å². The molecule has 0 aliphatic carbocycles. The highest BCUT2D eigenvalue weighted by Gasteiger charge is 2.07. The first kappa shape index (κ1) is 16.7. The van der Waals surface area contributed by atoms with Crippen molar-refractivity contribution in [2.24, 2.45) is 0 Å². The van der Waals surface area contributed by atoms with Gasteiger partial charge in [-0.05, 0) is 55.0 Å². The molecule has 0 aliphatic heterocycles. The van der Waals surface area contributed by atoms with Gasteiger partial charge in [0.05, 0.1) is 20.8 Å². The summed E-state index contributed by atoms with van der Waals surface area (Å²) in [6, 6.07) is 12.6. The SMILES string of the molecule is COc1ccc(OCCNC(=O)c2ccc(OC)c(C)c2)cc1. The van der Waals surface area contributed by atoms with Gasteiger partial charge in [-0.1, -0.05) is 0 Å². The second kappa shape index (κ2) is 8.08. The average Bonchev–Trinajstić information content (AvgIpc) is 2.59. The molecule has 0 aliphatic rings. The van der Waals surface area contributed by atoms with Crippen molar-refractivity contribution in [3.05, 3.63) is 53.6 Å². The van der Waals surface area contributed by atoms with E-state index < -0.39 is 0 Å². The van der Waals surface area contributed by atoms with Crippen LogP contribution < -0.4 is 19.5 Å². The van der Waals surface area contributed by atoms with Crippen molar-refractivity contribution >= 4 is 5.91 Å². The first-order valence-electron chi connectivity index (χ1n) is 7.33. The van der Waals surface area contributed by atoms with E-state index in [1.165, 1.54) is 0 Å². The lowest BCUT2D eigenvalue weighted by Gasteiger charge is -2.10. The molecule has 2 aromatic carbocycles. The Balaban J connectivity index is 1.79. The van der Waals surface area contributed by atoms with E-state index in [9.17, 15) is 4.79 Å². The largest absolute Gasteiger partial charge is 0.497 e. The molecule has 0 saturated heterocycles. The maximum Gasteiger partial charge on any atom is 0.251 e. The molecule has 23 heavy (non-hydrogen) atoms. The maximum absolute atomic E-state index is 12.1. The Labute approximate surface area is 136 Å². The molecule has 0 aromatic heterocycles. The lowest BCUT2D eigenvalue weighted by Crippen LogP contribution is -2.28. The van der Waals surface area contributed by atoms with Crippen LogP contribution in [0, 0.1) is 6.92 Å². The zero-order valence-electron chi connectivity index (χ0n) is 13.6. The second-order valence-electron chi connectivity index (χ2n) is 4.96. The molecule has 5 heteroatoms. The molecule has 2 rings (SSSR count). The first-order valence-corrected chi connectivity index (χ1v) is 7.33. The van der Waals surface area contributed by atoms with Gasteiger partial charge in [0.1, 0.15) is 23.9 Å². The van der Waals surface area contributed by atoms with Crippen LogP contribution in [0.2, 0.25) is 0 Å². The molecule has 0 fully saturated rings. The molecule has 0 radical (unpaired) electrons. The number of methoxy groups -OCH3 is 2. The van der Waals surface area contributed by atoms with Crippen LogP contribution in [0.5, 0.6) is 17.2 Å². The van der Waals surface area contributed by atoms with E-state index in [1.807, 2.05) is 31.2 Å². The Hall–Kier alpha value is -2.69. The zero-order valence-corrected chi connectivity index (χ0v) is 13.6. The van der Waals surface area contributed by atoms with Gasteiger partial charge in [-0.3, -0.25) is 4.79 Å². The highest BCUT2D eigenvalue weighted by atomic mass is 16.5. The summed E-state index contributed by atoms with van der Waals surface area (Å²) in [7, 11) is 3.23. The van der Waals surface area contributed by atoms with Crippen molar-refractivity contribution in [3.63, 3.8) is 0 Å². The minimum Gasteiger partial charge on any atom is -0.497 e. The number of ether oxygens (including phenoxy) is 3. The Morgan fingerprint density at radius 1 is 1.00 bits per heavy atom. The predicted molar refractivity (Wildman–Crippen MR) is 88.6 cm³/mol. The fourth-order valence-electron chi connectivity index (χ4n) is 2.13. The zero-order chi connectivity index (χ0) is 16.7. The molecule has 0 heterocycles. The first-order chi connectivity index (χ1) is 11.1.